The Morgan fingerprint density at radius 1 is 0.357 bits per heavy atom. The molecule has 0 saturated carbocycles. The van der Waals surface area contributed by atoms with Gasteiger partial charge in [0.15, 0.2) is 46.5 Å². The van der Waals surface area contributed by atoms with Crippen LogP contribution in [0.5, 0.6) is 0 Å². The largest absolute Gasteiger partial charge is 0.422 e. The molecular weight excluding hydrogens is 606 g/mol. The molecule has 0 atom stereocenters. The zero-order valence-electron chi connectivity index (χ0n) is 19.9. The first kappa shape index (κ1) is 30.5. The Morgan fingerprint density at radius 3 is 0.810 bits per heavy atom. The maximum absolute atomic E-state index is 14.1. The van der Waals surface area contributed by atoms with Crippen LogP contribution >= 0.6 is 0 Å². The van der Waals surface area contributed by atoms with Crippen molar-refractivity contribution < 1.29 is 61.5 Å². The lowest BCUT2D eigenvalue weighted by atomic mass is 10.0. The summed E-state index contributed by atoms with van der Waals surface area (Å²) in [7, 11) is 0. The van der Waals surface area contributed by atoms with Crippen molar-refractivity contribution >= 4 is 22.7 Å². The molecule has 4 rings (SSSR count). The van der Waals surface area contributed by atoms with E-state index < -0.39 is 81.4 Å². The van der Waals surface area contributed by atoms with Gasteiger partial charge in [-0.05, 0) is 35.4 Å². The summed E-state index contributed by atoms with van der Waals surface area (Å²) in [6, 6.07) is 9.57. The molecule has 0 aliphatic heterocycles. The van der Waals surface area contributed by atoms with E-state index >= 15 is 0 Å². The third-order valence-corrected chi connectivity index (χ3v) is 5.74. The summed E-state index contributed by atoms with van der Waals surface area (Å²) in [5.41, 5.74) is -8.31. The number of anilines is 4. The van der Waals surface area contributed by atoms with Crippen LogP contribution in [-0.2, 0) is 12.4 Å². The molecule has 42 heavy (non-hydrogen) atoms. The Kier molecular flexibility index (Phi) is 7.78. The highest BCUT2D eigenvalue weighted by Gasteiger charge is 2.43. The summed E-state index contributed by atoms with van der Waals surface area (Å²) in [5, 5.41) is 3.88. The van der Waals surface area contributed by atoms with E-state index in [1.165, 1.54) is 24.3 Å². The number of nitrogens with one attached hydrogen (secondary N) is 2. The fourth-order valence-electron chi connectivity index (χ4n) is 3.76. The van der Waals surface area contributed by atoms with Crippen LogP contribution in [0.15, 0.2) is 48.5 Å². The standard InChI is InChI=1S/C26H10F14N2/c27-15-13(25(35,36)37)16(28)20(32)23(19(15)31)41-11-5-1-9(2-6-11)10-3-7-12(8-4-10)42-24-21(33)17(29)14(26(38,39)40)18(30)22(24)34/h1-8,41-42H. The summed E-state index contributed by atoms with van der Waals surface area (Å²) >= 11 is 0. The molecule has 0 aliphatic carbocycles. The average molecular weight is 616 g/mol. The van der Waals surface area contributed by atoms with E-state index in [4.69, 9.17) is 0 Å². The zero-order chi connectivity index (χ0) is 31.3. The van der Waals surface area contributed by atoms with Gasteiger partial charge in [0.1, 0.15) is 22.5 Å². The lowest BCUT2D eigenvalue weighted by molar-refractivity contribution is -0.144. The third kappa shape index (κ3) is 5.52. The maximum atomic E-state index is 14.1. The molecule has 2 N–H and O–H groups in total. The van der Waals surface area contributed by atoms with E-state index in [0.29, 0.717) is 11.1 Å². The Labute approximate surface area is 225 Å². The molecule has 0 aliphatic rings. The summed E-state index contributed by atoms with van der Waals surface area (Å²) in [4.78, 5) is 0. The highest BCUT2D eigenvalue weighted by atomic mass is 19.4. The van der Waals surface area contributed by atoms with E-state index in [2.05, 4.69) is 0 Å². The molecule has 0 saturated heterocycles. The van der Waals surface area contributed by atoms with Crippen LogP contribution in [0.4, 0.5) is 84.2 Å². The first-order chi connectivity index (χ1) is 19.4. The summed E-state index contributed by atoms with van der Waals surface area (Å²) in [6.45, 7) is 0. The van der Waals surface area contributed by atoms with Gasteiger partial charge >= 0.3 is 12.4 Å². The molecule has 0 aromatic heterocycles. The third-order valence-electron chi connectivity index (χ3n) is 5.74. The highest BCUT2D eigenvalue weighted by molar-refractivity contribution is 5.72. The van der Waals surface area contributed by atoms with Gasteiger partial charge in [0.2, 0.25) is 0 Å². The van der Waals surface area contributed by atoms with Crippen molar-refractivity contribution in [1.82, 2.24) is 0 Å². The minimum atomic E-state index is -5.71. The van der Waals surface area contributed by atoms with Crippen LogP contribution in [0.2, 0.25) is 0 Å². The molecule has 0 amide bonds. The van der Waals surface area contributed by atoms with Gasteiger partial charge in [-0.2, -0.15) is 26.3 Å². The van der Waals surface area contributed by atoms with E-state index in [0.717, 1.165) is 24.3 Å². The van der Waals surface area contributed by atoms with Gasteiger partial charge in [-0.1, -0.05) is 24.3 Å². The number of hydrogen-bond donors (Lipinski definition) is 2. The topological polar surface area (TPSA) is 24.1 Å². The first-order valence-electron chi connectivity index (χ1n) is 11.0. The molecule has 4 aromatic rings. The number of alkyl halides is 6. The molecule has 2 nitrogen and oxygen atoms in total. The second-order valence-electron chi connectivity index (χ2n) is 8.41. The quantitative estimate of drug-likeness (QED) is 0.172. The van der Waals surface area contributed by atoms with E-state index in [1.54, 1.807) is 0 Å². The van der Waals surface area contributed by atoms with Gasteiger partial charge in [-0.25, -0.2) is 35.1 Å². The molecule has 0 spiro atoms. The second-order valence-corrected chi connectivity index (χ2v) is 8.41. The van der Waals surface area contributed by atoms with Gasteiger partial charge in [-0.3, -0.25) is 0 Å². The van der Waals surface area contributed by atoms with Crippen LogP contribution in [0.25, 0.3) is 11.1 Å². The van der Waals surface area contributed by atoms with Crippen molar-refractivity contribution in [2.75, 3.05) is 10.6 Å². The minimum absolute atomic E-state index is 0.217. The molecule has 0 radical (unpaired) electrons. The van der Waals surface area contributed by atoms with Gasteiger partial charge in [-0.15, -0.1) is 0 Å². The SMILES string of the molecule is Fc1c(F)c(C(F)(F)F)c(F)c(F)c1Nc1ccc(-c2ccc(Nc3c(F)c(F)c(C(F)(F)F)c(F)c3F)cc2)cc1. The Morgan fingerprint density at radius 2 is 0.595 bits per heavy atom. The first-order valence-corrected chi connectivity index (χ1v) is 11.0. The zero-order valence-corrected chi connectivity index (χ0v) is 19.9. The Hall–Kier alpha value is -4.50. The highest BCUT2D eigenvalue weighted by Crippen LogP contribution is 2.41. The van der Waals surface area contributed by atoms with Crippen molar-refractivity contribution in [2.24, 2.45) is 0 Å². The van der Waals surface area contributed by atoms with Crippen LogP contribution in [-0.4, -0.2) is 0 Å². The number of hydrogen-bond acceptors (Lipinski definition) is 2. The molecule has 222 valence electrons. The molecule has 0 heterocycles. The number of rotatable bonds is 5. The van der Waals surface area contributed by atoms with Crippen molar-refractivity contribution in [1.29, 1.82) is 0 Å². The van der Waals surface area contributed by atoms with Crippen molar-refractivity contribution in [2.45, 2.75) is 12.4 Å². The Balaban J connectivity index is 1.56. The van der Waals surface area contributed by atoms with E-state index in [1.807, 2.05) is 10.6 Å². The number of halogens is 14. The van der Waals surface area contributed by atoms with Gasteiger partial charge in [0, 0.05) is 11.4 Å². The van der Waals surface area contributed by atoms with Crippen molar-refractivity contribution in [3.8, 4) is 11.1 Å². The molecule has 0 unspecified atom stereocenters. The lowest BCUT2D eigenvalue weighted by Gasteiger charge is -2.16. The lowest BCUT2D eigenvalue weighted by Crippen LogP contribution is -2.16. The van der Waals surface area contributed by atoms with Gasteiger partial charge in [0.25, 0.3) is 0 Å². The molecule has 0 fully saturated rings. The fraction of sp³-hybridized carbons (Fsp3) is 0.0769. The van der Waals surface area contributed by atoms with Gasteiger partial charge < -0.3 is 10.6 Å². The van der Waals surface area contributed by atoms with Crippen molar-refractivity contribution in [3.05, 3.63) is 106 Å². The predicted octanol–water partition coefficient (Wildman–Crippen LogP) is 9.99. The second kappa shape index (κ2) is 10.7. The van der Waals surface area contributed by atoms with Crippen molar-refractivity contribution in [3.63, 3.8) is 0 Å². The molecule has 0 bridgehead atoms. The van der Waals surface area contributed by atoms with Crippen LogP contribution < -0.4 is 10.6 Å². The predicted molar refractivity (Wildman–Crippen MR) is 121 cm³/mol. The average Bonchev–Trinajstić information content (AvgIpc) is 2.91. The summed E-state index contributed by atoms with van der Waals surface area (Å²) < 4.78 is 188. The molecular formula is C26H10F14N2. The molecule has 4 aromatic carbocycles. The normalized spacial score (nSPS) is 12.0. The fourth-order valence-corrected chi connectivity index (χ4v) is 3.76. The van der Waals surface area contributed by atoms with E-state index in [-0.39, 0.29) is 11.4 Å². The Bertz CT molecular complexity index is 1470. The van der Waals surface area contributed by atoms with E-state index in [9.17, 15) is 61.5 Å². The monoisotopic (exact) mass is 616 g/mol. The summed E-state index contributed by atoms with van der Waals surface area (Å²) in [5.74, 6) is -19.9. The smallest absolute Gasteiger partial charge is 0.351 e. The molecule has 16 heteroatoms. The minimum Gasteiger partial charge on any atom is -0.351 e. The maximum Gasteiger partial charge on any atom is 0.422 e. The summed E-state index contributed by atoms with van der Waals surface area (Å²) in [6.07, 6.45) is -11.4. The van der Waals surface area contributed by atoms with Crippen LogP contribution in [0.1, 0.15) is 11.1 Å². The van der Waals surface area contributed by atoms with Gasteiger partial charge in [0.05, 0.1) is 0 Å². The van der Waals surface area contributed by atoms with Crippen LogP contribution in [0, 0.1) is 46.5 Å². The van der Waals surface area contributed by atoms with Crippen LogP contribution in [0.3, 0.4) is 0 Å². The number of benzene rings is 4.